The third-order valence-corrected chi connectivity index (χ3v) is 2.06. The Kier molecular flexibility index (Phi) is 3.25. The minimum atomic E-state index is -0.267. The largest absolute Gasteiger partial charge is 0.497 e. The SMILES string of the molecule is CN[C@@H](C)c1cc(F)cc(OC)c1. The van der Waals surface area contributed by atoms with Crippen LogP contribution in [0.1, 0.15) is 18.5 Å². The fourth-order valence-corrected chi connectivity index (χ4v) is 1.12. The Labute approximate surface area is 77.7 Å². The molecule has 13 heavy (non-hydrogen) atoms. The average molecular weight is 183 g/mol. The molecule has 1 aromatic rings. The molecule has 3 heteroatoms. The van der Waals surface area contributed by atoms with Crippen LogP contribution in [0.4, 0.5) is 4.39 Å². The summed E-state index contributed by atoms with van der Waals surface area (Å²) >= 11 is 0. The maximum atomic E-state index is 13.0. The Morgan fingerprint density at radius 1 is 1.38 bits per heavy atom. The maximum absolute atomic E-state index is 13.0. The molecule has 0 fully saturated rings. The van der Waals surface area contributed by atoms with Crippen molar-refractivity contribution >= 4 is 0 Å². The van der Waals surface area contributed by atoms with Crippen LogP contribution in [0.2, 0.25) is 0 Å². The highest BCUT2D eigenvalue weighted by Crippen LogP contribution is 2.20. The van der Waals surface area contributed by atoms with Gasteiger partial charge in [0.1, 0.15) is 11.6 Å². The summed E-state index contributed by atoms with van der Waals surface area (Å²) in [5.41, 5.74) is 0.888. The van der Waals surface area contributed by atoms with E-state index in [2.05, 4.69) is 5.32 Å². The third kappa shape index (κ3) is 2.42. The molecule has 0 aromatic heterocycles. The molecule has 0 aliphatic carbocycles. The van der Waals surface area contributed by atoms with E-state index in [1.807, 2.05) is 20.0 Å². The summed E-state index contributed by atoms with van der Waals surface area (Å²) in [5, 5.41) is 3.04. The Morgan fingerprint density at radius 3 is 2.62 bits per heavy atom. The molecule has 0 amide bonds. The van der Waals surface area contributed by atoms with Crippen molar-refractivity contribution in [3.63, 3.8) is 0 Å². The van der Waals surface area contributed by atoms with Gasteiger partial charge in [0.2, 0.25) is 0 Å². The van der Waals surface area contributed by atoms with Crippen LogP contribution in [-0.2, 0) is 0 Å². The summed E-state index contributed by atoms with van der Waals surface area (Å²) in [5.74, 6) is 0.286. The van der Waals surface area contributed by atoms with Gasteiger partial charge in [0.25, 0.3) is 0 Å². The Bertz CT molecular complexity index is 288. The van der Waals surface area contributed by atoms with Crippen molar-refractivity contribution in [2.45, 2.75) is 13.0 Å². The number of hydrogen-bond acceptors (Lipinski definition) is 2. The molecule has 0 aliphatic rings. The number of benzene rings is 1. The quantitative estimate of drug-likeness (QED) is 0.775. The molecule has 0 saturated carbocycles. The monoisotopic (exact) mass is 183 g/mol. The van der Waals surface area contributed by atoms with E-state index in [0.29, 0.717) is 5.75 Å². The predicted octanol–water partition coefficient (Wildman–Crippen LogP) is 2.11. The van der Waals surface area contributed by atoms with Gasteiger partial charge in [-0.1, -0.05) is 0 Å². The van der Waals surface area contributed by atoms with Crippen molar-refractivity contribution < 1.29 is 9.13 Å². The van der Waals surface area contributed by atoms with Gasteiger partial charge in [-0.15, -0.1) is 0 Å². The molecule has 1 rings (SSSR count). The van der Waals surface area contributed by atoms with Gasteiger partial charge in [0.05, 0.1) is 7.11 Å². The highest BCUT2D eigenvalue weighted by Gasteiger charge is 2.06. The van der Waals surface area contributed by atoms with Gasteiger partial charge < -0.3 is 10.1 Å². The summed E-state index contributed by atoms with van der Waals surface area (Å²) in [6.07, 6.45) is 0. The zero-order valence-corrected chi connectivity index (χ0v) is 8.10. The first kappa shape index (κ1) is 9.99. The summed E-state index contributed by atoms with van der Waals surface area (Å²) in [4.78, 5) is 0. The Balaban J connectivity index is 3.01. The van der Waals surface area contributed by atoms with Gasteiger partial charge in [0, 0.05) is 12.1 Å². The lowest BCUT2D eigenvalue weighted by molar-refractivity contribution is 0.409. The van der Waals surface area contributed by atoms with Gasteiger partial charge in [-0.05, 0) is 31.7 Å². The van der Waals surface area contributed by atoms with Gasteiger partial charge >= 0.3 is 0 Å². The van der Waals surface area contributed by atoms with Crippen LogP contribution >= 0.6 is 0 Å². The van der Waals surface area contributed by atoms with Crippen molar-refractivity contribution in [2.75, 3.05) is 14.2 Å². The lowest BCUT2D eigenvalue weighted by Gasteiger charge is -2.11. The second-order valence-corrected chi connectivity index (χ2v) is 2.93. The van der Waals surface area contributed by atoms with E-state index in [-0.39, 0.29) is 11.9 Å². The van der Waals surface area contributed by atoms with E-state index in [0.717, 1.165) is 5.56 Å². The van der Waals surface area contributed by atoms with Crippen LogP contribution in [0.3, 0.4) is 0 Å². The third-order valence-electron chi connectivity index (χ3n) is 2.06. The van der Waals surface area contributed by atoms with Crippen LogP contribution in [0.5, 0.6) is 5.75 Å². The fourth-order valence-electron chi connectivity index (χ4n) is 1.12. The molecule has 0 heterocycles. The van der Waals surface area contributed by atoms with Crippen molar-refractivity contribution in [3.8, 4) is 5.75 Å². The van der Waals surface area contributed by atoms with Crippen molar-refractivity contribution in [1.29, 1.82) is 0 Å². The molecule has 1 N–H and O–H groups in total. The molecule has 0 saturated heterocycles. The molecule has 0 radical (unpaired) electrons. The van der Waals surface area contributed by atoms with Crippen LogP contribution in [0.15, 0.2) is 18.2 Å². The van der Waals surface area contributed by atoms with Crippen LogP contribution in [0.25, 0.3) is 0 Å². The zero-order valence-electron chi connectivity index (χ0n) is 8.10. The maximum Gasteiger partial charge on any atom is 0.127 e. The molecule has 72 valence electrons. The van der Waals surface area contributed by atoms with Crippen molar-refractivity contribution in [2.24, 2.45) is 0 Å². The molecule has 0 bridgehead atoms. The number of hydrogen-bond donors (Lipinski definition) is 1. The first-order valence-electron chi connectivity index (χ1n) is 4.19. The second-order valence-electron chi connectivity index (χ2n) is 2.93. The molecule has 1 atom stereocenters. The summed E-state index contributed by atoms with van der Waals surface area (Å²) in [6, 6.07) is 4.82. The van der Waals surface area contributed by atoms with E-state index < -0.39 is 0 Å². The number of halogens is 1. The molecule has 0 spiro atoms. The second kappa shape index (κ2) is 4.23. The van der Waals surface area contributed by atoms with Gasteiger partial charge in [0.15, 0.2) is 0 Å². The Morgan fingerprint density at radius 2 is 2.08 bits per heavy atom. The average Bonchev–Trinajstić information content (AvgIpc) is 2.15. The van der Waals surface area contributed by atoms with E-state index >= 15 is 0 Å². The Hall–Kier alpha value is -1.09. The van der Waals surface area contributed by atoms with Crippen LogP contribution in [0, 0.1) is 5.82 Å². The standard InChI is InChI=1S/C10H14FNO/c1-7(12-2)8-4-9(11)6-10(5-8)13-3/h4-7,12H,1-3H3/t7-/m0/s1. The zero-order chi connectivity index (χ0) is 9.84. The number of rotatable bonds is 3. The predicted molar refractivity (Wildman–Crippen MR) is 50.4 cm³/mol. The van der Waals surface area contributed by atoms with Gasteiger partial charge in [-0.25, -0.2) is 4.39 Å². The topological polar surface area (TPSA) is 21.3 Å². The summed E-state index contributed by atoms with van der Waals surface area (Å²) < 4.78 is 18.0. The normalized spacial score (nSPS) is 12.6. The fraction of sp³-hybridized carbons (Fsp3) is 0.400. The van der Waals surface area contributed by atoms with E-state index in [1.54, 1.807) is 0 Å². The lowest BCUT2D eigenvalue weighted by Crippen LogP contribution is -2.12. The summed E-state index contributed by atoms with van der Waals surface area (Å²) in [7, 11) is 3.37. The van der Waals surface area contributed by atoms with E-state index in [4.69, 9.17) is 4.74 Å². The molecular formula is C10H14FNO. The molecule has 0 aliphatic heterocycles. The number of ether oxygens (including phenoxy) is 1. The number of methoxy groups -OCH3 is 1. The van der Waals surface area contributed by atoms with E-state index in [1.165, 1.54) is 19.2 Å². The van der Waals surface area contributed by atoms with Crippen LogP contribution in [-0.4, -0.2) is 14.2 Å². The van der Waals surface area contributed by atoms with E-state index in [9.17, 15) is 4.39 Å². The highest BCUT2D eigenvalue weighted by molar-refractivity contribution is 5.31. The molecule has 1 aromatic carbocycles. The molecule has 0 unspecified atom stereocenters. The minimum Gasteiger partial charge on any atom is -0.497 e. The molecular weight excluding hydrogens is 169 g/mol. The highest BCUT2D eigenvalue weighted by atomic mass is 19.1. The van der Waals surface area contributed by atoms with Crippen molar-refractivity contribution in [3.05, 3.63) is 29.6 Å². The first-order valence-corrected chi connectivity index (χ1v) is 4.19. The van der Waals surface area contributed by atoms with Crippen molar-refractivity contribution in [1.82, 2.24) is 5.32 Å². The first-order chi connectivity index (χ1) is 6.17. The van der Waals surface area contributed by atoms with Crippen LogP contribution < -0.4 is 10.1 Å². The number of nitrogens with one attached hydrogen (secondary N) is 1. The minimum absolute atomic E-state index is 0.129. The lowest BCUT2D eigenvalue weighted by atomic mass is 10.1. The van der Waals surface area contributed by atoms with Gasteiger partial charge in [-0.2, -0.15) is 0 Å². The molecule has 2 nitrogen and oxygen atoms in total. The van der Waals surface area contributed by atoms with Gasteiger partial charge in [-0.3, -0.25) is 0 Å². The summed E-state index contributed by atoms with van der Waals surface area (Å²) in [6.45, 7) is 1.97. The smallest absolute Gasteiger partial charge is 0.127 e.